The number of hydrogen-bond donors (Lipinski definition) is 1. The summed E-state index contributed by atoms with van der Waals surface area (Å²) in [6, 6.07) is 0.535. The summed E-state index contributed by atoms with van der Waals surface area (Å²) in [5.74, 6) is 1.67. The second-order valence-electron chi connectivity index (χ2n) is 4.25. The van der Waals surface area contributed by atoms with Gasteiger partial charge in [-0.1, -0.05) is 13.3 Å². The van der Waals surface area contributed by atoms with E-state index in [2.05, 4.69) is 27.7 Å². The van der Waals surface area contributed by atoms with E-state index in [1.54, 1.807) is 0 Å². The molecule has 0 radical (unpaired) electrons. The molecule has 2 rings (SSSR count). The number of nitrogens with zero attached hydrogens (tertiary/aromatic N) is 4. The third kappa shape index (κ3) is 2.53. The van der Waals surface area contributed by atoms with Crippen molar-refractivity contribution in [3.63, 3.8) is 0 Å². The summed E-state index contributed by atoms with van der Waals surface area (Å²) >= 11 is 0. The number of aryl methyl sites for hydroxylation is 1. The van der Waals surface area contributed by atoms with E-state index in [1.165, 1.54) is 24.1 Å². The van der Waals surface area contributed by atoms with Crippen molar-refractivity contribution in [3.8, 4) is 0 Å². The zero-order valence-corrected chi connectivity index (χ0v) is 9.48. The monoisotopic (exact) mass is 209 g/mol. The zero-order valence-electron chi connectivity index (χ0n) is 9.48. The third-order valence-electron chi connectivity index (χ3n) is 3.14. The molecular weight excluding hydrogens is 190 g/mol. The Balaban J connectivity index is 1.93. The lowest BCUT2D eigenvalue weighted by Gasteiger charge is -2.33. The van der Waals surface area contributed by atoms with Gasteiger partial charge < -0.3 is 5.32 Å². The Morgan fingerprint density at radius 1 is 1.53 bits per heavy atom. The van der Waals surface area contributed by atoms with Gasteiger partial charge in [0.05, 0.1) is 7.05 Å². The minimum atomic E-state index is 0.535. The van der Waals surface area contributed by atoms with Crippen LogP contribution in [-0.4, -0.2) is 32.8 Å². The predicted molar refractivity (Wildman–Crippen MR) is 57.3 cm³/mol. The van der Waals surface area contributed by atoms with Crippen molar-refractivity contribution < 1.29 is 0 Å². The van der Waals surface area contributed by atoms with Gasteiger partial charge in [-0.05, 0) is 30.5 Å². The summed E-state index contributed by atoms with van der Waals surface area (Å²) in [6.07, 6.45) is 4.97. The molecule has 1 N–H and O–H groups in total. The van der Waals surface area contributed by atoms with Crippen LogP contribution in [0.3, 0.4) is 0 Å². The number of tetrazole rings is 1. The van der Waals surface area contributed by atoms with E-state index in [9.17, 15) is 0 Å². The van der Waals surface area contributed by atoms with Crippen molar-refractivity contribution in [2.24, 2.45) is 13.0 Å². The van der Waals surface area contributed by atoms with Crippen LogP contribution in [0.15, 0.2) is 0 Å². The van der Waals surface area contributed by atoms with Crippen LogP contribution in [-0.2, 0) is 13.5 Å². The first kappa shape index (κ1) is 10.5. The molecule has 1 unspecified atom stereocenters. The molecule has 0 aromatic carbocycles. The predicted octanol–water partition coefficient (Wildman–Crippen LogP) is 0.531. The summed E-state index contributed by atoms with van der Waals surface area (Å²) in [5, 5.41) is 15.7. The molecule has 1 aromatic heterocycles. The molecule has 0 aliphatic heterocycles. The number of nitrogens with one attached hydrogen (secondary N) is 1. The third-order valence-corrected chi connectivity index (χ3v) is 3.14. The minimum Gasteiger partial charge on any atom is -0.314 e. The maximum atomic E-state index is 4.23. The van der Waals surface area contributed by atoms with E-state index in [-0.39, 0.29) is 0 Å². The molecule has 1 heterocycles. The van der Waals surface area contributed by atoms with Gasteiger partial charge in [-0.3, -0.25) is 0 Å². The molecule has 1 aliphatic rings. The Morgan fingerprint density at radius 2 is 2.33 bits per heavy atom. The second kappa shape index (κ2) is 4.70. The van der Waals surface area contributed by atoms with Gasteiger partial charge in [0.1, 0.15) is 0 Å². The number of rotatable bonds is 5. The smallest absolute Gasteiger partial charge is 0.176 e. The summed E-state index contributed by atoms with van der Waals surface area (Å²) in [7, 11) is 1.81. The molecule has 0 amide bonds. The van der Waals surface area contributed by atoms with Crippen molar-refractivity contribution in [2.75, 3.05) is 6.54 Å². The van der Waals surface area contributed by atoms with Crippen LogP contribution < -0.4 is 5.32 Å². The lowest BCUT2D eigenvalue weighted by Crippen LogP contribution is -2.41. The van der Waals surface area contributed by atoms with Gasteiger partial charge in [-0.2, -0.15) is 4.80 Å². The maximum Gasteiger partial charge on any atom is 0.176 e. The highest BCUT2D eigenvalue weighted by Gasteiger charge is 2.27. The largest absolute Gasteiger partial charge is 0.314 e. The SMILES string of the molecule is CCNC(Cc1nnn(C)n1)C1CCC1. The molecule has 84 valence electrons. The van der Waals surface area contributed by atoms with Crippen molar-refractivity contribution in [1.82, 2.24) is 25.5 Å². The van der Waals surface area contributed by atoms with Crippen molar-refractivity contribution in [1.29, 1.82) is 0 Å². The maximum absolute atomic E-state index is 4.23. The molecule has 5 nitrogen and oxygen atoms in total. The first-order chi connectivity index (χ1) is 7.29. The van der Waals surface area contributed by atoms with Gasteiger partial charge in [-0.15, -0.1) is 10.2 Å². The average molecular weight is 209 g/mol. The molecule has 1 fully saturated rings. The van der Waals surface area contributed by atoms with Crippen molar-refractivity contribution in [2.45, 2.75) is 38.6 Å². The molecule has 15 heavy (non-hydrogen) atoms. The number of aromatic nitrogens is 4. The summed E-state index contributed by atoms with van der Waals surface area (Å²) in [5.41, 5.74) is 0. The lowest BCUT2D eigenvalue weighted by molar-refractivity contribution is 0.227. The zero-order chi connectivity index (χ0) is 10.7. The fourth-order valence-electron chi connectivity index (χ4n) is 2.11. The van der Waals surface area contributed by atoms with E-state index >= 15 is 0 Å². The van der Waals surface area contributed by atoms with E-state index in [1.807, 2.05) is 7.05 Å². The van der Waals surface area contributed by atoms with Gasteiger partial charge >= 0.3 is 0 Å². The highest BCUT2D eigenvalue weighted by atomic mass is 15.6. The number of likely N-dealkylation sites (N-methyl/N-ethyl adjacent to an activating group) is 1. The molecular formula is C10H19N5. The Labute approximate surface area is 90.2 Å². The van der Waals surface area contributed by atoms with Gasteiger partial charge in [0.15, 0.2) is 5.82 Å². The van der Waals surface area contributed by atoms with Crippen LogP contribution in [0.25, 0.3) is 0 Å². The quantitative estimate of drug-likeness (QED) is 0.768. The molecule has 1 aromatic rings. The Hall–Kier alpha value is -0.970. The first-order valence-electron chi connectivity index (χ1n) is 5.76. The van der Waals surface area contributed by atoms with Crippen LogP contribution >= 0.6 is 0 Å². The fraction of sp³-hybridized carbons (Fsp3) is 0.900. The van der Waals surface area contributed by atoms with Crippen LogP contribution in [0.2, 0.25) is 0 Å². The van der Waals surface area contributed by atoms with Gasteiger partial charge in [0.25, 0.3) is 0 Å². The molecule has 0 saturated heterocycles. The lowest BCUT2D eigenvalue weighted by atomic mass is 9.78. The summed E-state index contributed by atoms with van der Waals surface area (Å²) in [4.78, 5) is 1.53. The second-order valence-corrected chi connectivity index (χ2v) is 4.25. The van der Waals surface area contributed by atoms with Crippen LogP contribution in [0.1, 0.15) is 32.0 Å². The van der Waals surface area contributed by atoms with Gasteiger partial charge in [0.2, 0.25) is 0 Å². The molecule has 1 atom stereocenters. The Kier molecular flexibility index (Phi) is 3.30. The minimum absolute atomic E-state index is 0.535. The standard InChI is InChI=1S/C10H19N5/c1-3-11-9(8-5-4-6-8)7-10-12-14-15(2)13-10/h8-9,11H,3-7H2,1-2H3. The molecule has 0 bridgehead atoms. The van der Waals surface area contributed by atoms with Crippen LogP contribution in [0.5, 0.6) is 0 Å². The van der Waals surface area contributed by atoms with Crippen molar-refractivity contribution >= 4 is 0 Å². The normalized spacial score (nSPS) is 18.8. The first-order valence-corrected chi connectivity index (χ1v) is 5.76. The summed E-state index contributed by atoms with van der Waals surface area (Å²) < 4.78 is 0. The molecule has 1 aliphatic carbocycles. The van der Waals surface area contributed by atoms with Gasteiger partial charge in [-0.25, -0.2) is 0 Å². The van der Waals surface area contributed by atoms with E-state index < -0.39 is 0 Å². The van der Waals surface area contributed by atoms with E-state index in [0.717, 1.165) is 24.7 Å². The molecule has 1 saturated carbocycles. The average Bonchev–Trinajstić information content (AvgIpc) is 2.48. The Morgan fingerprint density at radius 3 is 2.80 bits per heavy atom. The molecule has 5 heteroatoms. The molecule has 0 spiro atoms. The topological polar surface area (TPSA) is 55.6 Å². The fourth-order valence-corrected chi connectivity index (χ4v) is 2.11. The van der Waals surface area contributed by atoms with Crippen molar-refractivity contribution in [3.05, 3.63) is 5.82 Å². The van der Waals surface area contributed by atoms with Crippen LogP contribution in [0, 0.1) is 5.92 Å². The summed E-state index contributed by atoms with van der Waals surface area (Å²) in [6.45, 7) is 3.16. The van der Waals surface area contributed by atoms with Crippen LogP contribution in [0.4, 0.5) is 0 Å². The number of hydrogen-bond acceptors (Lipinski definition) is 4. The van der Waals surface area contributed by atoms with Gasteiger partial charge in [0, 0.05) is 12.5 Å². The highest BCUT2D eigenvalue weighted by molar-refractivity contribution is 4.90. The highest BCUT2D eigenvalue weighted by Crippen LogP contribution is 2.30. The Bertz CT molecular complexity index is 305. The van der Waals surface area contributed by atoms with E-state index in [4.69, 9.17) is 0 Å². The van der Waals surface area contributed by atoms with E-state index in [0.29, 0.717) is 6.04 Å².